The highest BCUT2D eigenvalue weighted by Gasteiger charge is 2.33. The maximum absolute atomic E-state index is 13.0. The van der Waals surface area contributed by atoms with Crippen LogP contribution >= 0.6 is 0 Å². The van der Waals surface area contributed by atoms with Gasteiger partial charge in [-0.05, 0) is 31.6 Å². The smallest absolute Gasteiger partial charge is 0.326 e. The molecule has 0 radical (unpaired) electrons. The number of carbonyl (C=O) groups is 4. The van der Waals surface area contributed by atoms with Gasteiger partial charge in [-0.3, -0.25) is 14.4 Å². The van der Waals surface area contributed by atoms with Crippen LogP contribution in [0.2, 0.25) is 0 Å². The van der Waals surface area contributed by atoms with Gasteiger partial charge >= 0.3 is 5.97 Å². The second-order valence-corrected chi connectivity index (χ2v) is 9.33. The molecule has 0 aliphatic rings. The average molecular weight is 483 g/mol. The third-order valence-corrected chi connectivity index (χ3v) is 5.06. The summed E-state index contributed by atoms with van der Waals surface area (Å²) in [6, 6.07) is -4.53. The van der Waals surface area contributed by atoms with Crippen LogP contribution in [-0.4, -0.2) is 74.1 Å². The van der Waals surface area contributed by atoms with Crippen LogP contribution in [0.1, 0.15) is 53.2 Å². The summed E-state index contributed by atoms with van der Waals surface area (Å²) in [7, 11) is 0. The Hall–Kier alpha value is -2.99. The fraction of sp³-hybridized carbons (Fsp3) is 0.682. The van der Waals surface area contributed by atoms with Gasteiger partial charge in [0.15, 0.2) is 0 Å². The second kappa shape index (κ2) is 13.7. The summed E-state index contributed by atoms with van der Waals surface area (Å²) < 4.78 is 0. The third kappa shape index (κ3) is 9.87. The molecule has 5 unspecified atom stereocenters. The van der Waals surface area contributed by atoms with E-state index in [2.05, 4.69) is 25.9 Å². The van der Waals surface area contributed by atoms with E-state index >= 15 is 0 Å². The van der Waals surface area contributed by atoms with Crippen molar-refractivity contribution in [2.24, 2.45) is 17.6 Å². The molecular formula is C22H38N6O6. The normalized spacial score (nSPS) is 15.8. The van der Waals surface area contributed by atoms with Crippen LogP contribution in [0, 0.1) is 11.8 Å². The summed E-state index contributed by atoms with van der Waals surface area (Å²) in [6.07, 6.45) is 2.13. The maximum Gasteiger partial charge on any atom is 0.326 e. The number of aromatic amines is 1. The highest BCUT2D eigenvalue weighted by atomic mass is 16.4. The van der Waals surface area contributed by atoms with E-state index in [9.17, 15) is 29.4 Å². The van der Waals surface area contributed by atoms with Gasteiger partial charge in [-0.25, -0.2) is 9.78 Å². The number of nitrogens with zero attached hydrogens (tertiary/aromatic N) is 1. The molecule has 1 aromatic heterocycles. The summed E-state index contributed by atoms with van der Waals surface area (Å²) >= 11 is 0. The number of aliphatic hydroxyl groups excluding tert-OH is 1. The van der Waals surface area contributed by atoms with Gasteiger partial charge in [-0.15, -0.1) is 0 Å². The Morgan fingerprint density at radius 2 is 1.53 bits per heavy atom. The molecule has 0 aromatic carbocycles. The lowest BCUT2D eigenvalue weighted by atomic mass is 10.00. The van der Waals surface area contributed by atoms with Gasteiger partial charge in [-0.2, -0.15) is 0 Å². The number of carboxylic acid groups (broad SMARTS) is 1. The first kappa shape index (κ1) is 29.0. The van der Waals surface area contributed by atoms with Crippen LogP contribution in [0.15, 0.2) is 12.5 Å². The van der Waals surface area contributed by atoms with Gasteiger partial charge in [-0.1, -0.05) is 27.7 Å². The van der Waals surface area contributed by atoms with Crippen molar-refractivity contribution in [3.05, 3.63) is 18.2 Å². The van der Waals surface area contributed by atoms with Crippen molar-refractivity contribution in [3.8, 4) is 0 Å². The number of carboxylic acids is 1. The third-order valence-electron chi connectivity index (χ3n) is 5.06. The topological polar surface area (TPSA) is 200 Å². The van der Waals surface area contributed by atoms with E-state index in [4.69, 9.17) is 5.73 Å². The number of imidazole rings is 1. The molecule has 8 N–H and O–H groups in total. The van der Waals surface area contributed by atoms with Crippen LogP contribution in [0.5, 0.6) is 0 Å². The predicted octanol–water partition coefficient (Wildman–Crippen LogP) is -0.708. The second-order valence-electron chi connectivity index (χ2n) is 9.33. The molecule has 12 heteroatoms. The molecule has 0 saturated heterocycles. The molecule has 0 aliphatic heterocycles. The fourth-order valence-corrected chi connectivity index (χ4v) is 3.33. The molecule has 3 amide bonds. The van der Waals surface area contributed by atoms with Crippen molar-refractivity contribution in [3.63, 3.8) is 0 Å². The monoisotopic (exact) mass is 482 g/mol. The molecule has 0 spiro atoms. The van der Waals surface area contributed by atoms with E-state index in [0.717, 1.165) is 0 Å². The number of carbonyl (C=O) groups excluding carboxylic acids is 3. The molecule has 1 heterocycles. The molecule has 5 atom stereocenters. The Balaban J connectivity index is 2.93. The van der Waals surface area contributed by atoms with E-state index in [-0.39, 0.29) is 24.7 Å². The Morgan fingerprint density at radius 3 is 2.00 bits per heavy atom. The zero-order chi connectivity index (χ0) is 26.0. The molecular weight excluding hydrogens is 444 g/mol. The number of rotatable bonds is 14. The molecule has 1 aromatic rings. The molecule has 0 fully saturated rings. The van der Waals surface area contributed by atoms with Crippen LogP contribution < -0.4 is 21.7 Å². The van der Waals surface area contributed by atoms with Gasteiger partial charge in [0.25, 0.3) is 0 Å². The lowest BCUT2D eigenvalue weighted by molar-refractivity contribution is -0.143. The van der Waals surface area contributed by atoms with E-state index in [1.807, 2.05) is 27.7 Å². The van der Waals surface area contributed by atoms with Crippen molar-refractivity contribution in [1.29, 1.82) is 0 Å². The largest absolute Gasteiger partial charge is 0.480 e. The van der Waals surface area contributed by atoms with Gasteiger partial charge in [0, 0.05) is 18.3 Å². The SMILES string of the molecule is CC(C)CC(N)C(=O)NC(CC(C)C)C(=O)NC(C(=O)NC(Cc1cnc[nH]1)C(=O)O)C(C)O. The number of aromatic nitrogens is 2. The molecule has 12 nitrogen and oxygen atoms in total. The minimum Gasteiger partial charge on any atom is -0.480 e. The minimum atomic E-state index is -1.44. The van der Waals surface area contributed by atoms with E-state index in [0.29, 0.717) is 12.1 Å². The van der Waals surface area contributed by atoms with Crippen molar-refractivity contribution in [2.45, 2.75) is 84.2 Å². The van der Waals surface area contributed by atoms with E-state index in [1.54, 1.807) is 0 Å². The summed E-state index contributed by atoms with van der Waals surface area (Å²) in [5.74, 6) is -3.12. The first-order chi connectivity index (χ1) is 15.8. The minimum absolute atomic E-state index is 0.0296. The van der Waals surface area contributed by atoms with E-state index in [1.165, 1.54) is 19.4 Å². The summed E-state index contributed by atoms with van der Waals surface area (Å²) in [5.41, 5.74) is 6.41. The summed E-state index contributed by atoms with van der Waals surface area (Å²) in [5, 5.41) is 27.0. The number of aliphatic hydroxyl groups is 1. The van der Waals surface area contributed by atoms with Gasteiger partial charge in [0.1, 0.15) is 18.1 Å². The Bertz CT molecular complexity index is 811. The standard InChI is InChI=1S/C22H38N6O6/c1-11(2)6-15(23)19(30)26-16(7-12(3)4)20(31)28-18(13(5)29)21(32)27-17(22(33)34)8-14-9-24-10-25-14/h9-13,15-18,29H,6-8,23H2,1-5H3,(H,24,25)(H,26,30)(H,27,32)(H,28,31)(H,33,34). The van der Waals surface area contributed by atoms with E-state index < -0.39 is 54.0 Å². The van der Waals surface area contributed by atoms with Gasteiger partial charge in [0.2, 0.25) is 17.7 Å². The molecule has 0 aliphatic carbocycles. The molecule has 192 valence electrons. The number of H-pyrrole nitrogens is 1. The zero-order valence-corrected chi connectivity index (χ0v) is 20.4. The summed E-state index contributed by atoms with van der Waals surface area (Å²) in [4.78, 5) is 56.4. The molecule has 34 heavy (non-hydrogen) atoms. The number of amides is 3. The lowest BCUT2D eigenvalue weighted by Crippen LogP contribution is -2.60. The number of aliphatic carboxylic acids is 1. The Labute approximate surface area is 199 Å². The number of hydrogen-bond acceptors (Lipinski definition) is 7. The summed E-state index contributed by atoms with van der Waals surface area (Å²) in [6.45, 7) is 8.88. The molecule has 0 saturated carbocycles. The average Bonchev–Trinajstić information content (AvgIpc) is 3.22. The first-order valence-electron chi connectivity index (χ1n) is 11.4. The van der Waals surface area contributed by atoms with Crippen LogP contribution in [0.25, 0.3) is 0 Å². The van der Waals surface area contributed by atoms with Crippen LogP contribution in [0.4, 0.5) is 0 Å². The van der Waals surface area contributed by atoms with Gasteiger partial charge in [0.05, 0.1) is 18.5 Å². The first-order valence-corrected chi connectivity index (χ1v) is 11.4. The highest BCUT2D eigenvalue weighted by Crippen LogP contribution is 2.09. The van der Waals surface area contributed by atoms with Gasteiger partial charge < -0.3 is 36.9 Å². The van der Waals surface area contributed by atoms with Crippen LogP contribution in [-0.2, 0) is 25.6 Å². The van der Waals surface area contributed by atoms with Crippen LogP contribution in [0.3, 0.4) is 0 Å². The maximum atomic E-state index is 13.0. The fourth-order valence-electron chi connectivity index (χ4n) is 3.33. The van der Waals surface area contributed by atoms with Crippen molar-refractivity contribution < 1.29 is 29.4 Å². The van der Waals surface area contributed by atoms with Crippen molar-refractivity contribution in [2.75, 3.05) is 0 Å². The van der Waals surface area contributed by atoms with Crippen molar-refractivity contribution in [1.82, 2.24) is 25.9 Å². The molecule has 1 rings (SSSR count). The predicted molar refractivity (Wildman–Crippen MR) is 124 cm³/mol. The Kier molecular flexibility index (Phi) is 11.7. The number of nitrogens with two attached hydrogens (primary N) is 1. The quantitative estimate of drug-likeness (QED) is 0.180. The number of hydrogen-bond donors (Lipinski definition) is 7. The Morgan fingerprint density at radius 1 is 0.941 bits per heavy atom. The highest BCUT2D eigenvalue weighted by molar-refractivity contribution is 5.94. The molecule has 0 bridgehead atoms. The number of nitrogens with one attached hydrogen (secondary N) is 4. The van der Waals surface area contributed by atoms with Crippen molar-refractivity contribution >= 4 is 23.7 Å². The lowest BCUT2D eigenvalue weighted by Gasteiger charge is -2.27. The zero-order valence-electron chi connectivity index (χ0n) is 20.4.